The zero-order valence-corrected chi connectivity index (χ0v) is 29.3. The Kier molecular flexibility index (Phi) is 13.6. The third-order valence-corrected chi connectivity index (χ3v) is 11.7. The highest BCUT2D eigenvalue weighted by molar-refractivity contribution is 5.68. The van der Waals surface area contributed by atoms with E-state index >= 15 is 0 Å². The maximum Gasteiger partial charge on any atom is 0.142 e. The Morgan fingerprint density at radius 2 is 1.76 bits per heavy atom. The van der Waals surface area contributed by atoms with Crippen LogP contribution in [0.2, 0.25) is 0 Å². The van der Waals surface area contributed by atoms with Gasteiger partial charge < -0.3 is 5.32 Å². The van der Waals surface area contributed by atoms with Crippen LogP contribution in [-0.2, 0) is 4.79 Å². The van der Waals surface area contributed by atoms with E-state index in [0.29, 0.717) is 34.2 Å². The van der Waals surface area contributed by atoms with Gasteiger partial charge in [0.25, 0.3) is 0 Å². The molecule has 3 aliphatic rings. The molecule has 0 aromatic rings. The lowest BCUT2D eigenvalue weighted by Crippen LogP contribution is -2.54. The number of carbonyl (C=O) groups excluding carboxylic acids is 1. The minimum absolute atomic E-state index is 0.0509. The third kappa shape index (κ3) is 7.33. The molecule has 0 aromatic heterocycles. The number of aldehydes is 1. The van der Waals surface area contributed by atoms with Gasteiger partial charge in [0, 0.05) is 12.0 Å². The van der Waals surface area contributed by atoms with Gasteiger partial charge in [0.2, 0.25) is 0 Å². The molecule has 0 aromatic carbocycles. The molecule has 2 fully saturated rings. The normalized spacial score (nSPS) is 34.9. The largest absolute Gasteiger partial charge is 0.319 e. The van der Waals surface area contributed by atoms with Gasteiger partial charge in [0.05, 0.1) is 11.6 Å². The smallest absolute Gasteiger partial charge is 0.142 e. The van der Waals surface area contributed by atoms with E-state index in [1.165, 1.54) is 50.5 Å². The Balaban J connectivity index is 0.00000211. The quantitative estimate of drug-likeness (QED) is 0.169. The van der Waals surface area contributed by atoms with Gasteiger partial charge >= 0.3 is 0 Å². The van der Waals surface area contributed by atoms with E-state index in [9.17, 15) is 10.1 Å². The number of allylic oxidation sites excluding steroid dienone is 5. The number of carbonyl (C=O) groups is 1. The minimum atomic E-state index is -0.312. The fourth-order valence-corrected chi connectivity index (χ4v) is 9.71. The molecule has 6 unspecified atom stereocenters. The Morgan fingerprint density at radius 1 is 1.14 bits per heavy atom. The van der Waals surface area contributed by atoms with E-state index < -0.39 is 0 Å². The van der Waals surface area contributed by atoms with Crippen LogP contribution in [0.5, 0.6) is 0 Å². The molecule has 3 rings (SSSR count). The molecule has 0 saturated heterocycles. The zero-order valence-electron chi connectivity index (χ0n) is 29.3. The summed E-state index contributed by atoms with van der Waals surface area (Å²) in [7, 11) is 2.11. The predicted octanol–water partition coefficient (Wildman–Crippen LogP) is 10.1. The molecule has 0 radical (unpaired) electrons. The Morgan fingerprint density at radius 3 is 2.26 bits per heavy atom. The molecule has 236 valence electrons. The van der Waals surface area contributed by atoms with Gasteiger partial charge in [0.1, 0.15) is 6.29 Å². The summed E-state index contributed by atoms with van der Waals surface area (Å²) in [5, 5.41) is 13.6. The first-order chi connectivity index (χ1) is 19.7. The van der Waals surface area contributed by atoms with Gasteiger partial charge in [-0.05, 0) is 109 Å². The lowest BCUT2D eigenvalue weighted by Gasteiger charge is -2.61. The fourth-order valence-electron chi connectivity index (χ4n) is 9.71. The summed E-state index contributed by atoms with van der Waals surface area (Å²) in [5.74, 6) is 1.45. The summed E-state index contributed by atoms with van der Waals surface area (Å²) < 4.78 is 0. The summed E-state index contributed by atoms with van der Waals surface area (Å²) in [4.78, 5) is 12.2. The van der Waals surface area contributed by atoms with Crippen molar-refractivity contribution in [3.8, 4) is 18.9 Å². The van der Waals surface area contributed by atoms with Crippen LogP contribution in [0.4, 0.5) is 0 Å². The molecule has 0 aliphatic heterocycles. The van der Waals surface area contributed by atoms with Crippen LogP contribution < -0.4 is 5.32 Å². The zero-order chi connectivity index (χ0) is 32.6. The molecule has 0 bridgehead atoms. The predicted molar refractivity (Wildman–Crippen MR) is 182 cm³/mol. The molecule has 0 amide bonds. The number of nitrogens with one attached hydrogen (secondary N) is 1. The number of hydrogen-bond donors (Lipinski definition) is 1. The number of terminal acetylenes is 1. The molecular weight excluding hydrogens is 512 g/mol. The highest BCUT2D eigenvalue weighted by atomic mass is 16.1. The molecule has 3 heteroatoms. The molecule has 3 nitrogen and oxygen atoms in total. The first-order valence-corrected chi connectivity index (χ1v) is 16.6. The molecule has 0 heterocycles. The van der Waals surface area contributed by atoms with Crippen molar-refractivity contribution in [3.63, 3.8) is 0 Å². The van der Waals surface area contributed by atoms with Crippen LogP contribution >= 0.6 is 0 Å². The van der Waals surface area contributed by atoms with E-state index in [0.717, 1.165) is 31.2 Å². The average Bonchev–Trinajstić information content (AvgIpc) is 2.94. The first kappa shape index (κ1) is 37.9. The maximum absolute atomic E-state index is 12.2. The van der Waals surface area contributed by atoms with E-state index in [4.69, 9.17) is 0 Å². The van der Waals surface area contributed by atoms with Crippen LogP contribution in [-0.4, -0.2) is 19.9 Å². The molecule has 2 saturated carbocycles. The molecule has 3 aliphatic carbocycles. The van der Waals surface area contributed by atoms with Gasteiger partial charge in [-0.1, -0.05) is 93.9 Å². The van der Waals surface area contributed by atoms with Gasteiger partial charge in [-0.25, -0.2) is 0 Å². The highest BCUT2D eigenvalue weighted by Gasteiger charge is 2.59. The fraction of sp³-hybridized carbons (Fsp3) is 0.744. The molecule has 42 heavy (non-hydrogen) atoms. The van der Waals surface area contributed by atoms with Crippen molar-refractivity contribution in [3.05, 3.63) is 35.5 Å². The van der Waals surface area contributed by atoms with Gasteiger partial charge in [-0.15, -0.1) is 12.8 Å². The Hall–Kier alpha value is -2.10. The van der Waals surface area contributed by atoms with E-state index in [2.05, 4.69) is 99.3 Å². The van der Waals surface area contributed by atoms with Crippen LogP contribution in [0.15, 0.2) is 35.5 Å². The lowest BCUT2D eigenvalue weighted by atomic mass is 9.42. The monoisotopic (exact) mass is 577 g/mol. The van der Waals surface area contributed by atoms with E-state index in [1.54, 1.807) is 0 Å². The van der Waals surface area contributed by atoms with E-state index in [-0.39, 0.29) is 16.2 Å². The van der Waals surface area contributed by atoms with Gasteiger partial charge in [0.15, 0.2) is 0 Å². The van der Waals surface area contributed by atoms with Crippen LogP contribution in [0.3, 0.4) is 0 Å². The average molecular weight is 577 g/mol. The summed E-state index contributed by atoms with van der Waals surface area (Å²) in [5.41, 5.74) is 3.12. The molecular formula is C39H64N2O. The first-order valence-electron chi connectivity index (χ1n) is 16.6. The SMILES string of the molecule is C#C.C=C1C(C#N)=CC2(C)/C(=C/C=O)C(C)(C3CCC(CCC(C)(C)CCC)(CNC)CC3C)CCC2C1(C)C.CC. The minimum Gasteiger partial charge on any atom is -0.319 e. The van der Waals surface area contributed by atoms with Crippen molar-refractivity contribution >= 4 is 6.29 Å². The van der Waals surface area contributed by atoms with Gasteiger partial charge in [-0.3, -0.25) is 4.79 Å². The van der Waals surface area contributed by atoms with E-state index in [1.807, 2.05) is 19.9 Å². The summed E-state index contributed by atoms with van der Waals surface area (Å²) in [6, 6.07) is 2.44. The van der Waals surface area contributed by atoms with Crippen molar-refractivity contribution in [1.82, 2.24) is 5.32 Å². The number of hydrogen-bond acceptors (Lipinski definition) is 3. The summed E-state index contributed by atoms with van der Waals surface area (Å²) in [6.07, 6.45) is 24.1. The van der Waals surface area contributed by atoms with Crippen molar-refractivity contribution in [2.45, 2.75) is 127 Å². The second-order valence-corrected chi connectivity index (χ2v) is 15.1. The topological polar surface area (TPSA) is 52.9 Å². The maximum atomic E-state index is 12.2. The van der Waals surface area contributed by atoms with Crippen molar-refractivity contribution in [1.29, 1.82) is 5.26 Å². The number of nitriles is 1. The van der Waals surface area contributed by atoms with Crippen LogP contribution in [0, 0.1) is 69.0 Å². The van der Waals surface area contributed by atoms with Crippen LogP contribution in [0.1, 0.15) is 127 Å². The van der Waals surface area contributed by atoms with Gasteiger partial charge in [-0.2, -0.15) is 5.26 Å². The Labute approximate surface area is 261 Å². The molecule has 1 N–H and O–H groups in total. The van der Waals surface area contributed by atoms with Crippen molar-refractivity contribution in [2.75, 3.05) is 13.6 Å². The third-order valence-electron chi connectivity index (χ3n) is 11.7. The molecule has 0 spiro atoms. The second kappa shape index (κ2) is 15.1. The summed E-state index contributed by atoms with van der Waals surface area (Å²) in [6.45, 7) is 28.3. The number of fused-ring (bicyclic) bond motifs is 1. The lowest BCUT2D eigenvalue weighted by molar-refractivity contribution is -0.104. The molecule has 6 atom stereocenters. The Bertz CT molecular complexity index is 1050. The van der Waals surface area contributed by atoms with Crippen molar-refractivity contribution < 1.29 is 4.79 Å². The standard InChI is InChI=1S/C35H56N2O.C2H6.C2H2/c1-11-15-31(4,5)18-19-35(24-37-10)17-12-28(25(2)21-35)33(8)16-13-29-32(6,7)26(3)27(23-36)22-34(29,9)30(33)14-20-38;2*1-2/h14,20,22,25,28-29,37H,3,11-13,15-19,21,24H2,1-2,4-10H3;1-2H3;1-2H/b30-14+;;. The van der Waals surface area contributed by atoms with Crippen molar-refractivity contribution in [2.24, 2.45) is 44.8 Å². The summed E-state index contributed by atoms with van der Waals surface area (Å²) >= 11 is 0. The second-order valence-electron chi connectivity index (χ2n) is 15.1. The van der Waals surface area contributed by atoms with Crippen LogP contribution in [0.25, 0.3) is 0 Å². The highest BCUT2D eigenvalue weighted by Crippen LogP contribution is 2.67. The number of rotatable bonds is 9. The number of nitrogens with zero attached hydrogens (tertiary/aromatic N) is 1.